The van der Waals surface area contributed by atoms with Crippen molar-refractivity contribution in [1.29, 1.82) is 0 Å². The molecule has 1 N–H and O–H groups in total. The summed E-state index contributed by atoms with van der Waals surface area (Å²) in [4.78, 5) is 4.15. The average molecular weight is 229 g/mol. The van der Waals surface area contributed by atoms with Gasteiger partial charge in [0.05, 0.1) is 12.3 Å². The van der Waals surface area contributed by atoms with Crippen molar-refractivity contribution in [2.45, 2.75) is 6.42 Å². The second kappa shape index (κ2) is 3.31. The number of pyridine rings is 1. The van der Waals surface area contributed by atoms with Crippen LogP contribution in [0.2, 0.25) is 0 Å². The first-order valence-corrected chi connectivity index (χ1v) is 4.68. The van der Waals surface area contributed by atoms with Gasteiger partial charge in [-0.1, -0.05) is 0 Å². The van der Waals surface area contributed by atoms with Gasteiger partial charge < -0.3 is 10.1 Å². The van der Waals surface area contributed by atoms with E-state index in [1.807, 2.05) is 6.07 Å². The topological polar surface area (TPSA) is 34.2 Å². The summed E-state index contributed by atoms with van der Waals surface area (Å²) >= 11 is 3.36. The first-order chi connectivity index (χ1) is 5.86. The molecule has 1 aliphatic heterocycles. The van der Waals surface area contributed by atoms with E-state index in [4.69, 9.17) is 4.74 Å². The van der Waals surface area contributed by atoms with Crippen LogP contribution >= 0.6 is 15.9 Å². The van der Waals surface area contributed by atoms with Gasteiger partial charge in [0.2, 0.25) is 5.88 Å². The van der Waals surface area contributed by atoms with Crippen LogP contribution in [0.4, 0.5) is 5.69 Å². The van der Waals surface area contributed by atoms with Gasteiger partial charge >= 0.3 is 0 Å². The highest BCUT2D eigenvalue weighted by Crippen LogP contribution is 2.26. The molecule has 0 bridgehead atoms. The van der Waals surface area contributed by atoms with Crippen molar-refractivity contribution in [3.63, 3.8) is 0 Å². The molecule has 12 heavy (non-hydrogen) atoms. The van der Waals surface area contributed by atoms with Gasteiger partial charge in [-0.05, 0) is 28.4 Å². The number of halogens is 1. The molecule has 0 saturated carbocycles. The molecule has 4 heteroatoms. The van der Waals surface area contributed by atoms with Gasteiger partial charge in [0, 0.05) is 17.2 Å². The Hall–Kier alpha value is -0.770. The van der Waals surface area contributed by atoms with E-state index in [-0.39, 0.29) is 0 Å². The van der Waals surface area contributed by atoms with Crippen molar-refractivity contribution in [2.75, 3.05) is 18.5 Å². The molecular formula is C8H9BrN2O. The first kappa shape index (κ1) is 7.86. The molecule has 0 amide bonds. The number of nitrogens with zero attached hydrogens (tertiary/aromatic N) is 1. The number of ether oxygens (including phenoxy) is 1. The zero-order chi connectivity index (χ0) is 8.39. The fourth-order valence-electron chi connectivity index (χ4n) is 1.13. The number of anilines is 1. The monoisotopic (exact) mass is 228 g/mol. The minimum atomic E-state index is 0.704. The maximum atomic E-state index is 5.41. The molecule has 0 unspecified atom stereocenters. The van der Waals surface area contributed by atoms with Crippen LogP contribution in [0.15, 0.2) is 16.7 Å². The molecule has 0 radical (unpaired) electrons. The van der Waals surface area contributed by atoms with Crippen LogP contribution in [-0.4, -0.2) is 18.1 Å². The Kier molecular flexibility index (Phi) is 2.17. The Balaban J connectivity index is 2.36. The molecule has 1 aromatic heterocycles. The number of hydrogen-bond donors (Lipinski definition) is 1. The van der Waals surface area contributed by atoms with Crippen molar-refractivity contribution in [3.8, 4) is 5.88 Å². The second-order valence-electron chi connectivity index (χ2n) is 2.64. The molecule has 0 aromatic carbocycles. The Morgan fingerprint density at radius 3 is 3.42 bits per heavy atom. The fraction of sp³-hybridized carbons (Fsp3) is 0.375. The summed E-state index contributed by atoms with van der Waals surface area (Å²) < 4.78 is 6.38. The summed E-state index contributed by atoms with van der Waals surface area (Å²) in [6, 6.07) is 1.98. The summed E-state index contributed by atoms with van der Waals surface area (Å²) in [6.07, 6.45) is 2.76. The van der Waals surface area contributed by atoms with E-state index in [0.717, 1.165) is 29.7 Å². The molecule has 0 saturated heterocycles. The molecule has 2 rings (SSSR count). The maximum Gasteiger partial charge on any atom is 0.237 e. The van der Waals surface area contributed by atoms with Crippen molar-refractivity contribution >= 4 is 21.6 Å². The molecule has 0 fully saturated rings. The lowest BCUT2D eigenvalue weighted by molar-refractivity contribution is 0.311. The van der Waals surface area contributed by atoms with Gasteiger partial charge in [-0.25, -0.2) is 4.98 Å². The molecule has 0 atom stereocenters. The van der Waals surface area contributed by atoms with E-state index in [1.165, 1.54) is 0 Å². The van der Waals surface area contributed by atoms with E-state index >= 15 is 0 Å². The minimum Gasteiger partial charge on any atom is -0.476 e. The highest BCUT2D eigenvalue weighted by atomic mass is 79.9. The van der Waals surface area contributed by atoms with E-state index in [9.17, 15) is 0 Å². The fourth-order valence-corrected chi connectivity index (χ4v) is 1.46. The molecule has 1 aliphatic rings. The third-order valence-corrected chi connectivity index (χ3v) is 2.13. The summed E-state index contributed by atoms with van der Waals surface area (Å²) in [5, 5.41) is 3.25. The van der Waals surface area contributed by atoms with Crippen LogP contribution in [-0.2, 0) is 0 Å². The first-order valence-electron chi connectivity index (χ1n) is 3.88. The van der Waals surface area contributed by atoms with E-state index in [0.29, 0.717) is 5.88 Å². The molecule has 3 nitrogen and oxygen atoms in total. The lowest BCUT2D eigenvalue weighted by Crippen LogP contribution is -1.99. The standard InChI is InChI=1S/C8H9BrN2O/c9-6-4-7-8(11-5-6)12-3-1-2-10-7/h4-5,10H,1-3H2. The predicted molar refractivity (Wildman–Crippen MR) is 50.5 cm³/mol. The zero-order valence-corrected chi connectivity index (χ0v) is 8.10. The van der Waals surface area contributed by atoms with E-state index in [1.54, 1.807) is 6.20 Å². The highest BCUT2D eigenvalue weighted by molar-refractivity contribution is 9.10. The molecule has 64 valence electrons. The van der Waals surface area contributed by atoms with Crippen molar-refractivity contribution in [3.05, 3.63) is 16.7 Å². The minimum absolute atomic E-state index is 0.704. The Morgan fingerprint density at radius 2 is 2.50 bits per heavy atom. The van der Waals surface area contributed by atoms with Gasteiger partial charge in [0.1, 0.15) is 0 Å². The van der Waals surface area contributed by atoms with E-state index < -0.39 is 0 Å². The Labute approximate surface area is 79.3 Å². The van der Waals surface area contributed by atoms with Crippen molar-refractivity contribution in [1.82, 2.24) is 4.98 Å². The quantitative estimate of drug-likeness (QED) is 0.739. The molecule has 0 spiro atoms. The smallest absolute Gasteiger partial charge is 0.237 e. The summed E-state index contributed by atoms with van der Waals surface area (Å²) in [5.41, 5.74) is 0.974. The lowest BCUT2D eigenvalue weighted by Gasteiger charge is -2.05. The number of fused-ring (bicyclic) bond motifs is 1. The molecule has 2 heterocycles. The molecule has 1 aromatic rings. The third-order valence-electron chi connectivity index (χ3n) is 1.69. The molecular weight excluding hydrogens is 220 g/mol. The maximum absolute atomic E-state index is 5.41. The van der Waals surface area contributed by atoms with Gasteiger partial charge in [-0.3, -0.25) is 0 Å². The molecule has 0 aliphatic carbocycles. The Bertz CT molecular complexity index is 290. The summed E-state index contributed by atoms with van der Waals surface area (Å²) in [6.45, 7) is 1.69. The van der Waals surface area contributed by atoms with Crippen molar-refractivity contribution in [2.24, 2.45) is 0 Å². The van der Waals surface area contributed by atoms with E-state index in [2.05, 4.69) is 26.2 Å². The second-order valence-corrected chi connectivity index (χ2v) is 3.55. The van der Waals surface area contributed by atoms with Crippen LogP contribution in [0.3, 0.4) is 0 Å². The van der Waals surface area contributed by atoms with Gasteiger partial charge in [-0.15, -0.1) is 0 Å². The van der Waals surface area contributed by atoms with Crippen LogP contribution in [0, 0.1) is 0 Å². The SMILES string of the molecule is Brc1cnc2c(c1)NCCCO2. The third kappa shape index (κ3) is 1.53. The summed E-state index contributed by atoms with van der Waals surface area (Å²) in [5.74, 6) is 0.704. The van der Waals surface area contributed by atoms with Crippen LogP contribution in [0.1, 0.15) is 6.42 Å². The van der Waals surface area contributed by atoms with Crippen LogP contribution in [0.25, 0.3) is 0 Å². The number of aromatic nitrogens is 1. The number of nitrogens with one attached hydrogen (secondary N) is 1. The predicted octanol–water partition coefficient (Wildman–Crippen LogP) is 2.04. The highest BCUT2D eigenvalue weighted by Gasteiger charge is 2.08. The van der Waals surface area contributed by atoms with Crippen LogP contribution < -0.4 is 10.1 Å². The van der Waals surface area contributed by atoms with Crippen molar-refractivity contribution < 1.29 is 4.74 Å². The average Bonchev–Trinajstić information content (AvgIpc) is 2.28. The largest absolute Gasteiger partial charge is 0.476 e. The van der Waals surface area contributed by atoms with Gasteiger partial charge in [-0.2, -0.15) is 0 Å². The Morgan fingerprint density at radius 1 is 1.58 bits per heavy atom. The summed E-state index contributed by atoms with van der Waals surface area (Å²) in [7, 11) is 0. The number of rotatable bonds is 0. The van der Waals surface area contributed by atoms with Gasteiger partial charge in [0.25, 0.3) is 0 Å². The number of hydrogen-bond acceptors (Lipinski definition) is 3. The zero-order valence-electron chi connectivity index (χ0n) is 6.51. The normalized spacial score (nSPS) is 15.4. The van der Waals surface area contributed by atoms with Gasteiger partial charge in [0.15, 0.2) is 0 Å². The lowest BCUT2D eigenvalue weighted by atomic mass is 10.4. The van der Waals surface area contributed by atoms with Crippen LogP contribution in [0.5, 0.6) is 5.88 Å².